The second-order valence-corrected chi connectivity index (χ2v) is 6.08. The molecule has 0 bridgehead atoms. The van der Waals surface area contributed by atoms with Crippen LogP contribution in [0, 0.1) is 0 Å². The molecule has 0 aliphatic heterocycles. The lowest BCUT2D eigenvalue weighted by Gasteiger charge is -2.07. The van der Waals surface area contributed by atoms with Crippen molar-refractivity contribution >= 4 is 17.7 Å². The lowest BCUT2D eigenvalue weighted by atomic mass is 10.1. The lowest BCUT2D eigenvalue weighted by Crippen LogP contribution is -2.05. The summed E-state index contributed by atoms with van der Waals surface area (Å²) >= 11 is 0. The van der Waals surface area contributed by atoms with E-state index in [4.69, 9.17) is 4.74 Å². The Balaban J connectivity index is 1.58. The molecule has 2 rings (SSSR count). The minimum atomic E-state index is -0.133. The van der Waals surface area contributed by atoms with Gasteiger partial charge in [0, 0.05) is 24.8 Å². The number of nitrogens with one attached hydrogen (secondary N) is 1. The van der Waals surface area contributed by atoms with Gasteiger partial charge in [-0.3, -0.25) is 9.78 Å². The molecule has 1 N–H and O–H groups in total. The Kier molecular flexibility index (Phi) is 8.98. The van der Waals surface area contributed by atoms with E-state index < -0.39 is 0 Å². The number of carbonyl (C=O) groups excluding carboxylic acids is 1. The Bertz CT molecular complexity index is 666. The number of hydrogen-bond acceptors (Lipinski definition) is 4. The summed E-state index contributed by atoms with van der Waals surface area (Å²) in [4.78, 5) is 15.6. The second kappa shape index (κ2) is 11.9. The topological polar surface area (TPSA) is 51.2 Å². The molecule has 0 spiro atoms. The van der Waals surface area contributed by atoms with Crippen LogP contribution in [0.3, 0.4) is 0 Å². The number of pyridine rings is 1. The van der Waals surface area contributed by atoms with Crippen molar-refractivity contribution in [1.82, 2.24) is 4.98 Å². The van der Waals surface area contributed by atoms with E-state index >= 15 is 0 Å². The highest BCUT2D eigenvalue weighted by Gasteiger charge is 2.02. The Morgan fingerprint density at radius 1 is 1.15 bits per heavy atom. The van der Waals surface area contributed by atoms with E-state index in [1.807, 2.05) is 31.3 Å². The smallest absolute Gasteiger partial charge is 0.306 e. The molecule has 0 saturated carbocycles. The first-order valence-electron chi connectivity index (χ1n) is 9.34. The summed E-state index contributed by atoms with van der Waals surface area (Å²) < 4.78 is 4.95. The van der Waals surface area contributed by atoms with Crippen molar-refractivity contribution in [3.63, 3.8) is 0 Å². The van der Waals surface area contributed by atoms with E-state index in [1.165, 1.54) is 0 Å². The fourth-order valence-corrected chi connectivity index (χ4v) is 2.57. The van der Waals surface area contributed by atoms with Gasteiger partial charge in [-0.1, -0.05) is 24.3 Å². The van der Waals surface area contributed by atoms with Crippen LogP contribution in [0.5, 0.6) is 0 Å². The number of ether oxygens (including phenoxy) is 1. The van der Waals surface area contributed by atoms with E-state index in [1.54, 1.807) is 0 Å². The number of anilines is 1. The van der Waals surface area contributed by atoms with E-state index in [0.29, 0.717) is 13.0 Å². The zero-order valence-corrected chi connectivity index (χ0v) is 15.5. The third-order valence-corrected chi connectivity index (χ3v) is 3.98. The summed E-state index contributed by atoms with van der Waals surface area (Å²) in [5.41, 5.74) is 3.28. The van der Waals surface area contributed by atoms with Crippen LogP contribution in [-0.2, 0) is 16.0 Å². The highest BCUT2D eigenvalue weighted by Crippen LogP contribution is 2.12. The number of aryl methyl sites for hydroxylation is 1. The summed E-state index contributed by atoms with van der Waals surface area (Å²) in [5.74, 6) is -0.133. The number of nitrogens with zero attached hydrogens (tertiary/aromatic N) is 1. The fourth-order valence-electron chi connectivity index (χ4n) is 2.57. The maximum absolute atomic E-state index is 11.4. The molecule has 1 heterocycles. The molecule has 4 nitrogen and oxygen atoms in total. The molecule has 0 atom stereocenters. The van der Waals surface area contributed by atoms with Crippen LogP contribution in [0.2, 0.25) is 0 Å². The largest absolute Gasteiger partial charge is 0.466 e. The Hall–Kier alpha value is -2.62. The standard InChI is InChI=1S/C22H28N2O2/c1-2-26-22(25)16-13-19-11-14-21(15-12-19)24-17-7-4-3-5-9-20-10-6-8-18-23-20/h5-6,8-12,14-15,18,24H,2-4,7,13,16-17H2,1H3. The van der Waals surface area contributed by atoms with E-state index in [2.05, 4.69) is 46.7 Å². The zero-order valence-electron chi connectivity index (χ0n) is 15.5. The predicted octanol–water partition coefficient (Wildman–Crippen LogP) is 4.87. The zero-order chi connectivity index (χ0) is 18.5. The maximum Gasteiger partial charge on any atom is 0.306 e. The van der Waals surface area contributed by atoms with E-state index in [9.17, 15) is 4.79 Å². The van der Waals surface area contributed by atoms with Gasteiger partial charge in [0.25, 0.3) is 0 Å². The second-order valence-electron chi connectivity index (χ2n) is 6.08. The van der Waals surface area contributed by atoms with Gasteiger partial charge in [0.05, 0.1) is 12.3 Å². The summed E-state index contributed by atoms with van der Waals surface area (Å²) in [6, 6.07) is 14.2. The minimum absolute atomic E-state index is 0.133. The average molecular weight is 352 g/mol. The highest BCUT2D eigenvalue weighted by atomic mass is 16.5. The van der Waals surface area contributed by atoms with Crippen molar-refractivity contribution in [3.05, 3.63) is 66.0 Å². The quantitative estimate of drug-likeness (QED) is 0.463. The van der Waals surface area contributed by atoms with Crippen LogP contribution < -0.4 is 5.32 Å². The molecule has 2 aromatic rings. The van der Waals surface area contributed by atoms with E-state index in [-0.39, 0.29) is 5.97 Å². The van der Waals surface area contributed by atoms with Gasteiger partial charge in [-0.25, -0.2) is 0 Å². The number of allylic oxidation sites excluding steroid dienone is 1. The molecule has 0 aliphatic rings. The third-order valence-electron chi connectivity index (χ3n) is 3.98. The molecule has 0 fully saturated rings. The molecular weight excluding hydrogens is 324 g/mol. The third kappa shape index (κ3) is 7.97. The summed E-state index contributed by atoms with van der Waals surface area (Å²) in [7, 11) is 0. The normalized spacial score (nSPS) is 10.8. The molecule has 0 unspecified atom stereocenters. The highest BCUT2D eigenvalue weighted by molar-refractivity contribution is 5.69. The molecule has 1 aromatic heterocycles. The van der Waals surface area contributed by atoms with Crippen molar-refractivity contribution in [2.45, 2.75) is 39.0 Å². The first-order valence-corrected chi connectivity index (χ1v) is 9.34. The molecule has 26 heavy (non-hydrogen) atoms. The van der Waals surface area contributed by atoms with Gasteiger partial charge in [0.1, 0.15) is 0 Å². The van der Waals surface area contributed by atoms with Crippen LogP contribution in [0.4, 0.5) is 5.69 Å². The fraction of sp³-hybridized carbons (Fsp3) is 0.364. The van der Waals surface area contributed by atoms with Gasteiger partial charge in [0.15, 0.2) is 0 Å². The number of aromatic nitrogens is 1. The number of esters is 1. The predicted molar refractivity (Wildman–Crippen MR) is 107 cm³/mol. The molecule has 138 valence electrons. The maximum atomic E-state index is 11.4. The minimum Gasteiger partial charge on any atom is -0.466 e. The molecule has 1 aromatic carbocycles. The van der Waals surface area contributed by atoms with Gasteiger partial charge >= 0.3 is 5.97 Å². The first-order chi connectivity index (χ1) is 12.8. The Morgan fingerprint density at radius 3 is 2.73 bits per heavy atom. The molecule has 0 saturated heterocycles. The number of carbonyl (C=O) groups is 1. The van der Waals surface area contributed by atoms with Gasteiger partial charge in [0.2, 0.25) is 0 Å². The van der Waals surface area contributed by atoms with Crippen LogP contribution in [-0.4, -0.2) is 24.1 Å². The van der Waals surface area contributed by atoms with Crippen molar-refractivity contribution in [2.24, 2.45) is 0 Å². The number of benzene rings is 1. The van der Waals surface area contributed by atoms with Crippen LogP contribution in [0.1, 0.15) is 43.9 Å². The molecule has 0 amide bonds. The monoisotopic (exact) mass is 352 g/mol. The van der Waals surface area contributed by atoms with Gasteiger partial charge in [-0.2, -0.15) is 0 Å². The molecule has 4 heteroatoms. The molecule has 0 radical (unpaired) electrons. The summed E-state index contributed by atoms with van der Waals surface area (Å²) in [6.07, 6.45) is 10.6. The van der Waals surface area contributed by atoms with Gasteiger partial charge < -0.3 is 10.1 Å². The average Bonchev–Trinajstić information content (AvgIpc) is 2.67. The summed E-state index contributed by atoms with van der Waals surface area (Å²) in [5, 5.41) is 3.44. The number of rotatable bonds is 11. The van der Waals surface area contributed by atoms with Crippen molar-refractivity contribution in [3.8, 4) is 0 Å². The Morgan fingerprint density at radius 2 is 2.00 bits per heavy atom. The van der Waals surface area contributed by atoms with Crippen LogP contribution in [0.15, 0.2) is 54.7 Å². The molecular formula is C22H28N2O2. The number of unbranched alkanes of at least 4 members (excludes halogenated alkanes) is 2. The van der Waals surface area contributed by atoms with Crippen molar-refractivity contribution in [2.75, 3.05) is 18.5 Å². The first kappa shape index (κ1) is 19.7. The van der Waals surface area contributed by atoms with Gasteiger partial charge in [-0.15, -0.1) is 0 Å². The van der Waals surface area contributed by atoms with Crippen LogP contribution >= 0.6 is 0 Å². The van der Waals surface area contributed by atoms with E-state index in [0.717, 1.165) is 49.2 Å². The number of hydrogen-bond donors (Lipinski definition) is 1. The SMILES string of the molecule is CCOC(=O)CCc1ccc(NCCCCC=Cc2ccccn2)cc1. The van der Waals surface area contributed by atoms with Crippen molar-refractivity contribution in [1.29, 1.82) is 0 Å². The van der Waals surface area contributed by atoms with Crippen molar-refractivity contribution < 1.29 is 9.53 Å². The van der Waals surface area contributed by atoms with Gasteiger partial charge in [-0.05, 0) is 68.5 Å². The van der Waals surface area contributed by atoms with Crippen LogP contribution in [0.25, 0.3) is 6.08 Å². The summed E-state index contributed by atoms with van der Waals surface area (Å²) in [6.45, 7) is 3.23. The lowest BCUT2D eigenvalue weighted by molar-refractivity contribution is -0.143. The molecule has 0 aliphatic carbocycles. The Labute approximate surface area is 156 Å².